The Morgan fingerprint density at radius 1 is 1.10 bits per heavy atom. The van der Waals surface area contributed by atoms with Crippen LogP contribution in [0.4, 0.5) is 0 Å². The van der Waals surface area contributed by atoms with Gasteiger partial charge in [-0.2, -0.15) is 0 Å². The van der Waals surface area contributed by atoms with Gasteiger partial charge >= 0.3 is 0 Å². The van der Waals surface area contributed by atoms with Crippen molar-refractivity contribution in [1.82, 2.24) is 19.6 Å². The van der Waals surface area contributed by atoms with Gasteiger partial charge < -0.3 is 4.42 Å². The number of rotatable bonds is 4. The molecule has 0 spiro atoms. The normalized spacial score (nSPS) is 11.9. The van der Waals surface area contributed by atoms with Gasteiger partial charge in [0.25, 0.3) is 10.8 Å². The third kappa shape index (κ3) is 4.10. The second kappa shape index (κ2) is 7.48. The summed E-state index contributed by atoms with van der Waals surface area (Å²) >= 11 is 1.37. The minimum Gasteiger partial charge on any atom is -0.411 e. The van der Waals surface area contributed by atoms with E-state index in [0.717, 1.165) is 11.1 Å². The molecule has 4 rings (SSSR count). The Labute approximate surface area is 173 Å². The Hall–Kier alpha value is -2.93. The molecule has 3 heterocycles. The van der Waals surface area contributed by atoms with Crippen LogP contribution >= 0.6 is 11.8 Å². The summed E-state index contributed by atoms with van der Waals surface area (Å²) in [5, 5.41) is 8.72. The van der Waals surface area contributed by atoms with E-state index in [2.05, 4.69) is 48.1 Å². The van der Waals surface area contributed by atoms with Gasteiger partial charge in [-0.1, -0.05) is 50.7 Å². The molecule has 6 nitrogen and oxygen atoms in total. The average molecular weight is 407 g/mol. The molecule has 0 aliphatic rings. The number of thioether (sulfide) groups is 1. The first-order valence-electron chi connectivity index (χ1n) is 9.36. The molecule has 0 atom stereocenters. The van der Waals surface area contributed by atoms with Gasteiger partial charge in [-0.25, -0.2) is 4.98 Å². The number of aryl methyl sites for hydroxylation is 1. The highest BCUT2D eigenvalue weighted by atomic mass is 32.2. The van der Waals surface area contributed by atoms with Crippen LogP contribution in [0, 0.1) is 6.92 Å². The highest BCUT2D eigenvalue weighted by Gasteiger charge is 2.15. The molecule has 0 aliphatic carbocycles. The molecule has 0 radical (unpaired) electrons. The van der Waals surface area contributed by atoms with Crippen molar-refractivity contribution >= 4 is 17.4 Å². The number of nitrogens with zero attached hydrogens (tertiary/aromatic N) is 4. The molecule has 0 amide bonds. The zero-order valence-corrected chi connectivity index (χ0v) is 17.7. The standard InChI is InChI=1S/C22H22N4O2S/c1-14-6-5-11-26-18(27)12-17(23-19(14)26)13-29-21-25-24-20(28-21)15-7-9-16(10-8-15)22(2,3)4/h5-12H,13H2,1-4H3. The molecule has 0 saturated heterocycles. The van der Waals surface area contributed by atoms with Crippen LogP contribution < -0.4 is 5.56 Å². The highest BCUT2D eigenvalue weighted by Crippen LogP contribution is 2.28. The first-order valence-corrected chi connectivity index (χ1v) is 10.3. The number of pyridine rings is 1. The zero-order chi connectivity index (χ0) is 20.6. The Morgan fingerprint density at radius 2 is 1.86 bits per heavy atom. The summed E-state index contributed by atoms with van der Waals surface area (Å²) in [6.45, 7) is 8.47. The van der Waals surface area contributed by atoms with Gasteiger partial charge in [-0.15, -0.1) is 10.2 Å². The van der Waals surface area contributed by atoms with Gasteiger partial charge in [0.15, 0.2) is 0 Å². The molecule has 29 heavy (non-hydrogen) atoms. The molecule has 0 saturated carbocycles. The van der Waals surface area contributed by atoms with Gasteiger partial charge in [-0.3, -0.25) is 9.20 Å². The van der Waals surface area contributed by atoms with Crippen LogP contribution in [-0.4, -0.2) is 19.6 Å². The predicted octanol–water partition coefficient (Wildman–Crippen LogP) is 4.64. The van der Waals surface area contributed by atoms with E-state index in [0.29, 0.717) is 28.2 Å². The third-order valence-corrected chi connectivity index (χ3v) is 5.54. The highest BCUT2D eigenvalue weighted by molar-refractivity contribution is 7.98. The van der Waals surface area contributed by atoms with Crippen LogP contribution in [0.1, 0.15) is 37.6 Å². The van der Waals surface area contributed by atoms with Crippen LogP contribution in [0.25, 0.3) is 17.1 Å². The fraction of sp³-hybridized carbons (Fsp3) is 0.273. The predicted molar refractivity (Wildman–Crippen MR) is 114 cm³/mol. The van der Waals surface area contributed by atoms with Crippen molar-refractivity contribution in [1.29, 1.82) is 0 Å². The van der Waals surface area contributed by atoms with E-state index in [-0.39, 0.29) is 11.0 Å². The SMILES string of the molecule is Cc1cccn2c(=O)cc(CSc3nnc(-c4ccc(C(C)(C)C)cc4)o3)nc12. The van der Waals surface area contributed by atoms with Crippen LogP contribution in [0.2, 0.25) is 0 Å². The zero-order valence-electron chi connectivity index (χ0n) is 16.8. The summed E-state index contributed by atoms with van der Waals surface area (Å²) in [6, 6.07) is 13.5. The molecule has 1 aromatic carbocycles. The van der Waals surface area contributed by atoms with Crippen molar-refractivity contribution < 1.29 is 4.42 Å². The van der Waals surface area contributed by atoms with Crippen LogP contribution in [0.15, 0.2) is 63.1 Å². The smallest absolute Gasteiger partial charge is 0.277 e. The molecule has 148 valence electrons. The Morgan fingerprint density at radius 3 is 2.59 bits per heavy atom. The van der Waals surface area contributed by atoms with E-state index in [1.54, 1.807) is 16.7 Å². The molecule has 3 aromatic heterocycles. The third-order valence-electron chi connectivity index (χ3n) is 4.69. The van der Waals surface area contributed by atoms with Gasteiger partial charge in [-0.05, 0) is 41.7 Å². The summed E-state index contributed by atoms with van der Waals surface area (Å²) in [7, 11) is 0. The second-order valence-corrected chi connectivity index (χ2v) is 8.89. The van der Waals surface area contributed by atoms with E-state index in [4.69, 9.17) is 4.42 Å². The number of aromatic nitrogens is 4. The average Bonchev–Trinajstić information content (AvgIpc) is 3.16. The number of hydrogen-bond acceptors (Lipinski definition) is 6. The maximum Gasteiger partial charge on any atom is 0.277 e. The first-order chi connectivity index (χ1) is 13.8. The number of benzene rings is 1. The summed E-state index contributed by atoms with van der Waals surface area (Å²) in [5.41, 5.74) is 4.44. The van der Waals surface area contributed by atoms with Crippen molar-refractivity contribution in [2.75, 3.05) is 0 Å². The van der Waals surface area contributed by atoms with E-state index in [9.17, 15) is 4.79 Å². The van der Waals surface area contributed by atoms with Crippen molar-refractivity contribution in [3.05, 3.63) is 75.8 Å². The summed E-state index contributed by atoms with van der Waals surface area (Å²) in [4.78, 5) is 16.9. The van der Waals surface area contributed by atoms with Crippen molar-refractivity contribution in [2.45, 2.75) is 44.1 Å². The van der Waals surface area contributed by atoms with Crippen molar-refractivity contribution in [3.63, 3.8) is 0 Å². The lowest BCUT2D eigenvalue weighted by Gasteiger charge is -2.18. The van der Waals surface area contributed by atoms with Gasteiger partial charge in [0.1, 0.15) is 5.65 Å². The molecule has 0 N–H and O–H groups in total. The molecule has 0 aliphatic heterocycles. The van der Waals surface area contributed by atoms with Crippen LogP contribution in [0.3, 0.4) is 0 Å². The van der Waals surface area contributed by atoms with Crippen molar-refractivity contribution in [2.24, 2.45) is 0 Å². The summed E-state index contributed by atoms with van der Waals surface area (Å²) in [6.07, 6.45) is 1.73. The fourth-order valence-electron chi connectivity index (χ4n) is 3.02. The molecule has 0 fully saturated rings. The second-order valence-electron chi connectivity index (χ2n) is 7.96. The fourth-order valence-corrected chi connectivity index (χ4v) is 3.67. The molecule has 0 unspecified atom stereocenters. The lowest BCUT2D eigenvalue weighted by molar-refractivity contribution is 0.465. The lowest BCUT2D eigenvalue weighted by atomic mass is 9.87. The molecule has 7 heteroatoms. The largest absolute Gasteiger partial charge is 0.411 e. The topological polar surface area (TPSA) is 73.3 Å². The number of fused-ring (bicyclic) bond motifs is 1. The molecular formula is C22H22N4O2S. The Balaban J connectivity index is 1.51. The van der Waals surface area contributed by atoms with Gasteiger partial charge in [0.2, 0.25) is 5.89 Å². The molecule has 0 bridgehead atoms. The Kier molecular flexibility index (Phi) is 5.00. The molecular weight excluding hydrogens is 384 g/mol. The lowest BCUT2D eigenvalue weighted by Crippen LogP contribution is -2.15. The van der Waals surface area contributed by atoms with E-state index < -0.39 is 0 Å². The van der Waals surface area contributed by atoms with E-state index in [1.165, 1.54) is 17.3 Å². The van der Waals surface area contributed by atoms with Crippen molar-refractivity contribution in [3.8, 4) is 11.5 Å². The first kappa shape index (κ1) is 19.4. The number of hydrogen-bond donors (Lipinski definition) is 0. The minimum absolute atomic E-state index is 0.0955. The van der Waals surface area contributed by atoms with Crippen LogP contribution in [0.5, 0.6) is 0 Å². The van der Waals surface area contributed by atoms with Crippen LogP contribution in [-0.2, 0) is 11.2 Å². The monoisotopic (exact) mass is 406 g/mol. The maximum atomic E-state index is 12.3. The minimum atomic E-state index is -0.0977. The summed E-state index contributed by atoms with van der Waals surface area (Å²) < 4.78 is 7.34. The van der Waals surface area contributed by atoms with Gasteiger partial charge in [0, 0.05) is 23.6 Å². The quantitative estimate of drug-likeness (QED) is 0.460. The maximum absolute atomic E-state index is 12.3. The summed E-state index contributed by atoms with van der Waals surface area (Å²) in [5.74, 6) is 0.959. The van der Waals surface area contributed by atoms with E-state index in [1.807, 2.05) is 31.2 Å². The van der Waals surface area contributed by atoms with Gasteiger partial charge in [0.05, 0.1) is 5.69 Å². The molecule has 4 aromatic rings. The Bertz CT molecular complexity index is 1220. The van der Waals surface area contributed by atoms with E-state index >= 15 is 0 Å².